The van der Waals surface area contributed by atoms with Crippen LogP contribution in [-0.2, 0) is 39.9 Å². The summed E-state index contributed by atoms with van der Waals surface area (Å²) in [6, 6.07) is 14.4. The Labute approximate surface area is 269 Å². The van der Waals surface area contributed by atoms with Gasteiger partial charge in [-0.3, -0.25) is 4.79 Å². The molecule has 2 aliphatic rings. The molecule has 16 nitrogen and oxygen atoms in total. The highest BCUT2D eigenvalue weighted by atomic mass is 16.8. The number of aliphatic hydroxyl groups is 7. The van der Waals surface area contributed by atoms with Crippen molar-refractivity contribution in [1.82, 2.24) is 5.32 Å². The van der Waals surface area contributed by atoms with Gasteiger partial charge in [-0.15, -0.1) is 0 Å². The lowest BCUT2D eigenvalue weighted by Crippen LogP contribution is -2.70. The molecule has 4 rings (SSSR count). The molecule has 0 spiro atoms. The molecule has 8 N–H and O–H groups in total. The number of amides is 1. The lowest BCUT2D eigenvalue weighted by molar-refractivity contribution is -0.366. The first kappa shape index (κ1) is 36.3. The fraction of sp³-hybridized carbons (Fsp3) is 0.516. The van der Waals surface area contributed by atoms with E-state index < -0.39 is 104 Å². The molecule has 0 saturated carbocycles. The van der Waals surface area contributed by atoms with Crippen LogP contribution in [0.3, 0.4) is 0 Å². The summed E-state index contributed by atoms with van der Waals surface area (Å²) in [5.41, 5.74) is 0.560. The van der Waals surface area contributed by atoms with E-state index in [9.17, 15) is 50.1 Å². The average molecular weight is 666 g/mol. The normalized spacial score (nSPS) is 32.1. The molecule has 258 valence electrons. The molecule has 9 unspecified atom stereocenters. The molecular formula is C31H39NO15. The predicted molar refractivity (Wildman–Crippen MR) is 156 cm³/mol. The van der Waals surface area contributed by atoms with Gasteiger partial charge in [0.1, 0.15) is 43.2 Å². The molecule has 0 bridgehead atoms. The van der Waals surface area contributed by atoms with E-state index >= 15 is 0 Å². The van der Waals surface area contributed by atoms with Gasteiger partial charge in [-0.25, -0.2) is 9.59 Å². The molecule has 47 heavy (non-hydrogen) atoms. The fourth-order valence-electron chi connectivity index (χ4n) is 5.38. The number of benzene rings is 2. The van der Waals surface area contributed by atoms with Crippen LogP contribution < -0.4 is 5.32 Å². The number of rotatable bonds is 12. The highest BCUT2D eigenvalue weighted by molar-refractivity contribution is 5.89. The number of aliphatic hydroxyl groups excluding tert-OH is 7. The summed E-state index contributed by atoms with van der Waals surface area (Å²) in [6.07, 6.45) is -17.6. The predicted octanol–water partition coefficient (Wildman–Crippen LogP) is -2.52. The molecule has 1 amide bonds. The van der Waals surface area contributed by atoms with Crippen LogP contribution in [0.1, 0.15) is 29.3 Å². The van der Waals surface area contributed by atoms with Crippen molar-refractivity contribution < 1.29 is 73.8 Å². The molecule has 0 aliphatic carbocycles. The van der Waals surface area contributed by atoms with Crippen molar-refractivity contribution in [3.8, 4) is 0 Å². The van der Waals surface area contributed by atoms with Crippen LogP contribution in [0.15, 0.2) is 60.7 Å². The zero-order chi connectivity index (χ0) is 34.3. The van der Waals surface area contributed by atoms with Crippen molar-refractivity contribution in [2.24, 2.45) is 0 Å². The van der Waals surface area contributed by atoms with E-state index in [-0.39, 0.29) is 12.2 Å². The number of nitrogens with one attached hydrogen (secondary N) is 1. The minimum Gasteiger partial charge on any atom is -0.457 e. The maximum Gasteiger partial charge on any atom is 0.367 e. The number of carbonyl (C=O) groups is 3. The van der Waals surface area contributed by atoms with Crippen molar-refractivity contribution in [2.45, 2.75) is 86.9 Å². The zero-order valence-corrected chi connectivity index (χ0v) is 25.3. The molecule has 2 heterocycles. The van der Waals surface area contributed by atoms with Gasteiger partial charge in [0.2, 0.25) is 5.91 Å². The van der Waals surface area contributed by atoms with Crippen molar-refractivity contribution in [3.63, 3.8) is 0 Å². The molecule has 11 atom stereocenters. The second-order valence-corrected chi connectivity index (χ2v) is 11.2. The summed E-state index contributed by atoms with van der Waals surface area (Å²) in [6.45, 7) is -1.10. The van der Waals surface area contributed by atoms with Crippen LogP contribution in [-0.4, -0.2) is 134 Å². The summed E-state index contributed by atoms with van der Waals surface area (Å²) in [7, 11) is 0. The van der Waals surface area contributed by atoms with Crippen molar-refractivity contribution >= 4 is 17.8 Å². The van der Waals surface area contributed by atoms with E-state index in [1.165, 1.54) is 12.1 Å². The summed E-state index contributed by atoms with van der Waals surface area (Å²) in [5.74, 6) is -5.78. The van der Waals surface area contributed by atoms with E-state index in [2.05, 4.69) is 5.32 Å². The fourth-order valence-corrected chi connectivity index (χ4v) is 5.38. The molecule has 2 fully saturated rings. The first-order chi connectivity index (χ1) is 22.4. The van der Waals surface area contributed by atoms with Crippen LogP contribution in [0.25, 0.3) is 0 Å². The molecule has 16 heteroatoms. The summed E-state index contributed by atoms with van der Waals surface area (Å²) in [4.78, 5) is 39.0. The van der Waals surface area contributed by atoms with Gasteiger partial charge in [0.25, 0.3) is 5.79 Å². The second-order valence-electron chi connectivity index (χ2n) is 11.2. The highest BCUT2D eigenvalue weighted by Crippen LogP contribution is 2.38. The van der Waals surface area contributed by atoms with E-state index in [1.54, 1.807) is 48.5 Å². The molecule has 0 aromatic heterocycles. The topological polar surface area (TPSA) is 251 Å². The molecule has 2 aromatic carbocycles. The van der Waals surface area contributed by atoms with E-state index in [0.29, 0.717) is 5.56 Å². The quantitative estimate of drug-likeness (QED) is 0.109. The Bertz CT molecular complexity index is 1330. The zero-order valence-electron chi connectivity index (χ0n) is 25.3. The molecular weight excluding hydrogens is 626 g/mol. The van der Waals surface area contributed by atoms with Crippen molar-refractivity contribution in [2.75, 3.05) is 13.2 Å². The van der Waals surface area contributed by atoms with Crippen LogP contribution in [0.4, 0.5) is 0 Å². The summed E-state index contributed by atoms with van der Waals surface area (Å²) in [5, 5.41) is 76.3. The lowest BCUT2D eigenvalue weighted by Gasteiger charge is -2.50. The maximum absolute atomic E-state index is 13.9. The third kappa shape index (κ3) is 8.49. The van der Waals surface area contributed by atoms with Gasteiger partial charge in [-0.05, 0) is 17.7 Å². The largest absolute Gasteiger partial charge is 0.457 e. The van der Waals surface area contributed by atoms with Crippen LogP contribution in [0.5, 0.6) is 0 Å². The van der Waals surface area contributed by atoms with Gasteiger partial charge in [-0.1, -0.05) is 48.5 Å². The standard InChI is InChI=1S/C31H39NO15/c1-16(35)32-22-19(36)12-31(46-25(22)23(38)20(37)13-33,30(42)43-15-17-8-4-2-5-9-17)47-26-24(39)21(14-34)44-29(41)27(26)45-28(40)18-10-6-3-7-11-18/h2-11,19-27,29,33-34,36-39,41H,12-15H2,1H3,(H,32,35)/t19?,20-,21?,22?,23-,24?,25?,26?,27?,29?,31?/m1/s1. The van der Waals surface area contributed by atoms with Gasteiger partial charge >= 0.3 is 11.9 Å². The smallest absolute Gasteiger partial charge is 0.367 e. The Kier molecular flexibility index (Phi) is 12.4. The third-order valence-corrected chi connectivity index (χ3v) is 7.78. The SMILES string of the molecule is CC(=O)NC1C(O)CC(OC2C(O)C(CO)OC(O)C2OC(=O)c2ccccc2)(C(=O)OCc2ccccc2)OC1[C@H](O)[C@H](O)CO. The number of hydrogen-bond donors (Lipinski definition) is 8. The van der Waals surface area contributed by atoms with E-state index in [0.717, 1.165) is 6.92 Å². The Morgan fingerprint density at radius 1 is 0.979 bits per heavy atom. The van der Waals surface area contributed by atoms with Crippen LogP contribution in [0.2, 0.25) is 0 Å². The Hall–Kier alpha value is -3.55. The Balaban J connectivity index is 1.76. The van der Waals surface area contributed by atoms with Gasteiger partial charge in [-0.2, -0.15) is 0 Å². The van der Waals surface area contributed by atoms with Gasteiger partial charge in [0, 0.05) is 13.3 Å². The molecule has 0 radical (unpaired) electrons. The molecule has 2 saturated heterocycles. The third-order valence-electron chi connectivity index (χ3n) is 7.78. The number of esters is 2. The summed E-state index contributed by atoms with van der Waals surface area (Å²) < 4.78 is 28.2. The number of carbonyl (C=O) groups excluding carboxylic acids is 3. The van der Waals surface area contributed by atoms with Crippen molar-refractivity contribution in [1.29, 1.82) is 0 Å². The van der Waals surface area contributed by atoms with Gasteiger partial charge in [0.05, 0.1) is 30.9 Å². The monoisotopic (exact) mass is 665 g/mol. The minimum atomic E-state index is -2.79. The van der Waals surface area contributed by atoms with E-state index in [4.69, 9.17) is 23.7 Å². The second kappa shape index (κ2) is 16.0. The van der Waals surface area contributed by atoms with Crippen molar-refractivity contribution in [3.05, 3.63) is 71.8 Å². The van der Waals surface area contributed by atoms with Gasteiger partial charge in [0.15, 0.2) is 12.4 Å². The minimum absolute atomic E-state index is 0.0397. The molecule has 2 aromatic rings. The number of ether oxygens (including phenoxy) is 5. The maximum atomic E-state index is 13.9. The summed E-state index contributed by atoms with van der Waals surface area (Å²) >= 11 is 0. The van der Waals surface area contributed by atoms with E-state index in [1.807, 2.05) is 0 Å². The first-order valence-electron chi connectivity index (χ1n) is 14.8. The molecule has 2 aliphatic heterocycles. The highest BCUT2D eigenvalue weighted by Gasteiger charge is 2.60. The van der Waals surface area contributed by atoms with Crippen LogP contribution >= 0.6 is 0 Å². The number of hydrogen-bond acceptors (Lipinski definition) is 15. The average Bonchev–Trinajstić information content (AvgIpc) is 3.07. The Morgan fingerprint density at radius 3 is 2.21 bits per heavy atom. The van der Waals surface area contributed by atoms with Gasteiger partial charge < -0.3 is 64.7 Å². The first-order valence-corrected chi connectivity index (χ1v) is 14.8. The Morgan fingerprint density at radius 2 is 1.62 bits per heavy atom. The lowest BCUT2D eigenvalue weighted by atomic mass is 9.88. The van der Waals surface area contributed by atoms with Crippen LogP contribution in [0, 0.1) is 0 Å².